The molecule has 0 aliphatic heterocycles. The number of rotatable bonds is 5. The second kappa shape index (κ2) is 7.36. The molecule has 1 atom stereocenters. The Kier molecular flexibility index (Phi) is 5.34. The van der Waals surface area contributed by atoms with Gasteiger partial charge >= 0.3 is 0 Å². The van der Waals surface area contributed by atoms with Gasteiger partial charge in [0.1, 0.15) is 15.5 Å². The maximum absolute atomic E-state index is 11.7. The van der Waals surface area contributed by atoms with Crippen molar-refractivity contribution in [2.45, 2.75) is 13.3 Å². The van der Waals surface area contributed by atoms with Crippen molar-refractivity contribution in [1.29, 1.82) is 0 Å². The van der Waals surface area contributed by atoms with Crippen molar-refractivity contribution in [2.75, 3.05) is 12.3 Å². The van der Waals surface area contributed by atoms with E-state index in [0.29, 0.717) is 43.8 Å². The number of nitrogens with zero attached hydrogens (tertiary/aromatic N) is 2. The lowest BCUT2D eigenvalue weighted by atomic mass is 10.1. The van der Waals surface area contributed by atoms with E-state index in [1.807, 2.05) is 6.92 Å². The fourth-order valence-corrected chi connectivity index (χ4v) is 3.83. The van der Waals surface area contributed by atoms with Crippen LogP contribution in [0.5, 0.6) is 0 Å². The summed E-state index contributed by atoms with van der Waals surface area (Å²) < 4.78 is 0. The summed E-state index contributed by atoms with van der Waals surface area (Å²) in [4.78, 5) is 21.6. The topological polar surface area (TPSA) is 115 Å². The fourth-order valence-electron chi connectivity index (χ4n) is 2.57. The molecule has 1 aromatic carbocycles. The Balaban J connectivity index is 2.29. The Hall–Kier alpha value is -1.93. The van der Waals surface area contributed by atoms with Crippen molar-refractivity contribution in [3.8, 4) is 11.3 Å². The second-order valence-electron chi connectivity index (χ2n) is 6.00. The van der Waals surface area contributed by atoms with Crippen molar-refractivity contribution >= 4 is 56.3 Å². The molecule has 0 fully saturated rings. The van der Waals surface area contributed by atoms with Gasteiger partial charge in [-0.25, -0.2) is 9.97 Å². The van der Waals surface area contributed by atoms with Crippen LogP contribution in [0.4, 0.5) is 5.69 Å². The number of anilines is 1. The maximum atomic E-state index is 11.7. The highest BCUT2D eigenvalue weighted by atomic mass is 35.5. The van der Waals surface area contributed by atoms with Crippen molar-refractivity contribution in [2.24, 2.45) is 11.7 Å². The number of thiophene rings is 1. The van der Waals surface area contributed by atoms with Gasteiger partial charge in [-0.2, -0.15) is 0 Å². The molecule has 5 N–H and O–H groups in total. The number of nitrogens with two attached hydrogens (primary N) is 2. The third-order valence-electron chi connectivity index (χ3n) is 3.89. The number of nitrogen functional groups attached to an aromatic ring is 1. The van der Waals surface area contributed by atoms with Gasteiger partial charge in [0.25, 0.3) is 5.91 Å². The van der Waals surface area contributed by atoms with E-state index in [9.17, 15) is 9.90 Å². The Morgan fingerprint density at radius 3 is 2.65 bits per heavy atom. The molecule has 9 heteroatoms. The summed E-state index contributed by atoms with van der Waals surface area (Å²) in [5.74, 6) is -0.0877. The monoisotopic (exact) mass is 410 g/mol. The third-order valence-corrected chi connectivity index (χ3v) is 5.75. The summed E-state index contributed by atoms with van der Waals surface area (Å²) in [6.45, 7) is 1.91. The number of amides is 1. The quantitative estimate of drug-likeness (QED) is 0.594. The average Bonchev–Trinajstić information content (AvgIpc) is 2.93. The van der Waals surface area contributed by atoms with Crippen LogP contribution >= 0.6 is 34.5 Å². The second-order valence-corrected chi connectivity index (χ2v) is 7.81. The van der Waals surface area contributed by atoms with E-state index >= 15 is 0 Å². The Labute approximate surface area is 163 Å². The number of hydrogen-bond donors (Lipinski definition) is 3. The lowest BCUT2D eigenvalue weighted by Gasteiger charge is -2.10. The minimum atomic E-state index is -0.615. The Bertz CT molecular complexity index is 1010. The molecule has 2 heterocycles. The SMILES string of the molecule is CC(CO)Cc1nc(-c2ccc(Cl)c(Cl)c2)c2c(N)c(C(N)=O)sc2n1. The molecule has 0 aliphatic rings. The number of primary amides is 1. The summed E-state index contributed by atoms with van der Waals surface area (Å²) >= 11 is 13.3. The van der Waals surface area contributed by atoms with Crippen LogP contribution < -0.4 is 11.5 Å². The van der Waals surface area contributed by atoms with Gasteiger partial charge in [0.15, 0.2) is 0 Å². The summed E-state index contributed by atoms with van der Waals surface area (Å²) in [7, 11) is 0. The highest BCUT2D eigenvalue weighted by Gasteiger charge is 2.21. The number of aliphatic hydroxyl groups is 1. The fraction of sp³-hybridized carbons (Fsp3) is 0.235. The van der Waals surface area contributed by atoms with Crippen molar-refractivity contribution in [3.63, 3.8) is 0 Å². The Morgan fingerprint density at radius 1 is 1.31 bits per heavy atom. The van der Waals surface area contributed by atoms with Crippen molar-refractivity contribution in [3.05, 3.63) is 38.9 Å². The van der Waals surface area contributed by atoms with E-state index in [4.69, 9.17) is 34.7 Å². The van der Waals surface area contributed by atoms with Crippen LogP contribution in [0.1, 0.15) is 22.4 Å². The lowest BCUT2D eigenvalue weighted by Crippen LogP contribution is -2.10. The van der Waals surface area contributed by atoms with Gasteiger partial charge in [-0.15, -0.1) is 11.3 Å². The molecule has 1 amide bonds. The van der Waals surface area contributed by atoms with Crippen LogP contribution in [0.25, 0.3) is 21.5 Å². The molecule has 136 valence electrons. The van der Waals surface area contributed by atoms with E-state index < -0.39 is 5.91 Å². The van der Waals surface area contributed by atoms with Crippen LogP contribution in [-0.2, 0) is 6.42 Å². The first-order valence-electron chi connectivity index (χ1n) is 7.76. The minimum Gasteiger partial charge on any atom is -0.397 e. The van der Waals surface area contributed by atoms with Crippen LogP contribution in [0.3, 0.4) is 0 Å². The number of benzene rings is 1. The molecule has 0 aliphatic carbocycles. The van der Waals surface area contributed by atoms with Gasteiger partial charge in [-0.1, -0.05) is 36.2 Å². The predicted molar refractivity (Wildman–Crippen MR) is 106 cm³/mol. The number of hydrogen-bond acceptors (Lipinski definition) is 6. The summed E-state index contributed by atoms with van der Waals surface area (Å²) in [6, 6.07) is 5.13. The molecule has 0 spiro atoms. The number of aliphatic hydroxyl groups excluding tert-OH is 1. The highest BCUT2D eigenvalue weighted by Crippen LogP contribution is 2.39. The molecule has 1 unspecified atom stereocenters. The molecule has 6 nitrogen and oxygen atoms in total. The summed E-state index contributed by atoms with van der Waals surface area (Å²) in [5, 5.41) is 10.7. The number of carbonyl (C=O) groups is 1. The maximum Gasteiger partial charge on any atom is 0.260 e. The van der Waals surface area contributed by atoms with Crippen LogP contribution in [0, 0.1) is 5.92 Å². The summed E-state index contributed by atoms with van der Waals surface area (Å²) in [6.07, 6.45) is 0.477. The summed E-state index contributed by atoms with van der Waals surface area (Å²) in [5.41, 5.74) is 13.1. The van der Waals surface area contributed by atoms with E-state index in [1.165, 1.54) is 0 Å². The largest absolute Gasteiger partial charge is 0.397 e. The minimum absolute atomic E-state index is 0.0120. The molecular weight excluding hydrogens is 395 g/mol. The zero-order chi connectivity index (χ0) is 19.0. The molecule has 2 aromatic heterocycles. The normalized spacial score (nSPS) is 12.5. The van der Waals surface area contributed by atoms with E-state index in [2.05, 4.69) is 9.97 Å². The molecular formula is C17H16Cl2N4O2S. The molecule has 0 saturated heterocycles. The smallest absolute Gasteiger partial charge is 0.260 e. The van der Waals surface area contributed by atoms with Crippen LogP contribution in [0.2, 0.25) is 10.0 Å². The zero-order valence-corrected chi connectivity index (χ0v) is 16.1. The molecule has 0 bridgehead atoms. The third kappa shape index (κ3) is 3.48. The zero-order valence-electron chi connectivity index (χ0n) is 13.8. The molecule has 3 aromatic rings. The van der Waals surface area contributed by atoms with E-state index in [-0.39, 0.29) is 23.1 Å². The highest BCUT2D eigenvalue weighted by molar-refractivity contribution is 7.21. The van der Waals surface area contributed by atoms with E-state index in [1.54, 1.807) is 18.2 Å². The first-order valence-corrected chi connectivity index (χ1v) is 9.34. The lowest BCUT2D eigenvalue weighted by molar-refractivity contribution is 0.100. The van der Waals surface area contributed by atoms with Gasteiger partial charge in [-0.05, 0) is 18.1 Å². The first-order chi connectivity index (χ1) is 12.3. The number of carbonyl (C=O) groups excluding carboxylic acids is 1. The van der Waals surface area contributed by atoms with E-state index in [0.717, 1.165) is 11.3 Å². The van der Waals surface area contributed by atoms with Gasteiger partial charge in [0.05, 0.1) is 26.8 Å². The molecule has 26 heavy (non-hydrogen) atoms. The Morgan fingerprint density at radius 2 is 2.04 bits per heavy atom. The number of aromatic nitrogens is 2. The predicted octanol–water partition coefficient (Wildman–Crippen LogP) is 3.52. The molecule has 0 radical (unpaired) electrons. The number of halogens is 2. The first kappa shape index (κ1) is 18.8. The standard InChI is InChI=1S/C17H16Cl2N4O2S/c1-7(6-24)4-11-22-14(8-2-3-9(18)10(19)5-8)12-13(20)15(16(21)25)26-17(12)23-11/h2-3,5,7,24H,4,6,20H2,1H3,(H2,21,25). The number of fused-ring (bicyclic) bond motifs is 1. The van der Waals surface area contributed by atoms with Crippen molar-refractivity contribution in [1.82, 2.24) is 9.97 Å². The van der Waals surface area contributed by atoms with Gasteiger partial charge in [-0.3, -0.25) is 4.79 Å². The van der Waals surface area contributed by atoms with Crippen LogP contribution in [0.15, 0.2) is 18.2 Å². The average molecular weight is 411 g/mol. The van der Waals surface area contributed by atoms with Crippen LogP contribution in [-0.4, -0.2) is 27.6 Å². The van der Waals surface area contributed by atoms with Crippen molar-refractivity contribution < 1.29 is 9.90 Å². The van der Waals surface area contributed by atoms with Gasteiger partial charge in [0.2, 0.25) is 0 Å². The molecule has 0 saturated carbocycles. The van der Waals surface area contributed by atoms with Gasteiger partial charge in [0, 0.05) is 18.6 Å². The van der Waals surface area contributed by atoms with Gasteiger partial charge < -0.3 is 16.6 Å². The molecule has 3 rings (SSSR count).